The van der Waals surface area contributed by atoms with E-state index in [1.807, 2.05) is 6.34 Å². The molecule has 0 N–H and O–H groups in total. The van der Waals surface area contributed by atoms with Crippen molar-refractivity contribution in [3.63, 3.8) is 0 Å². The molecule has 2 aliphatic heterocycles. The number of nitrogens with zero attached hydrogens (tertiary/aromatic N) is 4. The van der Waals surface area contributed by atoms with Crippen molar-refractivity contribution in [1.29, 1.82) is 0 Å². The summed E-state index contributed by atoms with van der Waals surface area (Å²) in [5.41, 5.74) is 1.12. The van der Waals surface area contributed by atoms with Crippen LogP contribution in [0.4, 0.5) is 11.6 Å². The highest BCUT2D eigenvalue weighted by Gasteiger charge is 2.18. The molecule has 6 nitrogen and oxygen atoms in total. The highest BCUT2D eigenvalue weighted by Crippen LogP contribution is 2.33. The van der Waals surface area contributed by atoms with Crippen LogP contribution in [0.2, 0.25) is 0 Å². The topological polar surface area (TPSA) is 50.2 Å². The van der Waals surface area contributed by atoms with E-state index in [9.17, 15) is 0 Å². The molecule has 6 heteroatoms. The van der Waals surface area contributed by atoms with Crippen molar-refractivity contribution in [1.82, 2.24) is 9.88 Å². The minimum atomic E-state index is 0.746. The molecule has 2 fully saturated rings. The molecule has 0 spiro atoms. The summed E-state index contributed by atoms with van der Waals surface area (Å²) in [7, 11) is 0. The smallest absolute Gasteiger partial charge is 0.159 e. The molecule has 0 saturated carbocycles. The van der Waals surface area contributed by atoms with Gasteiger partial charge in [-0.2, -0.15) is 0 Å². The van der Waals surface area contributed by atoms with Gasteiger partial charge in [0.05, 0.1) is 32.8 Å². The van der Waals surface area contributed by atoms with Crippen LogP contribution in [-0.2, 0) is 9.47 Å². The predicted octanol–water partition coefficient (Wildman–Crippen LogP) is 2.37. The minimum Gasteiger partial charge on any atom is -0.378 e. The second-order valence-electron chi connectivity index (χ2n) is 6.42. The summed E-state index contributed by atoms with van der Waals surface area (Å²) in [6, 6.07) is 8.46. The van der Waals surface area contributed by atoms with Crippen LogP contribution in [0.5, 0.6) is 0 Å². The zero-order valence-corrected chi connectivity index (χ0v) is 14.6. The van der Waals surface area contributed by atoms with Gasteiger partial charge in [0, 0.05) is 37.1 Å². The number of hydrogen-bond donors (Lipinski definition) is 0. The molecule has 25 heavy (non-hydrogen) atoms. The van der Waals surface area contributed by atoms with Gasteiger partial charge in [-0.05, 0) is 12.3 Å². The largest absolute Gasteiger partial charge is 0.378 e. The monoisotopic (exact) mass is 340 g/mol. The molecular weight excluding hydrogens is 316 g/mol. The first kappa shape index (κ1) is 16.3. The summed E-state index contributed by atoms with van der Waals surface area (Å²) in [6.45, 7) is 8.61. The summed E-state index contributed by atoms with van der Waals surface area (Å²) < 4.78 is 10.9. The fourth-order valence-electron chi connectivity index (χ4n) is 3.34. The zero-order chi connectivity index (χ0) is 17.1. The van der Waals surface area contributed by atoms with Gasteiger partial charge in [-0.1, -0.05) is 24.3 Å². The maximum Gasteiger partial charge on any atom is 0.159 e. The number of rotatable bonds is 3. The number of hydrogen-bond acceptors (Lipinski definition) is 5. The van der Waals surface area contributed by atoms with Crippen molar-refractivity contribution in [2.75, 3.05) is 57.5 Å². The molecule has 2 aromatic rings. The number of pyridine rings is 1. The molecular formula is C19H24N4O2. The van der Waals surface area contributed by atoms with Gasteiger partial charge in [-0.15, -0.1) is 0 Å². The lowest BCUT2D eigenvalue weighted by Crippen LogP contribution is -2.37. The average Bonchev–Trinajstić information content (AvgIpc) is 2.69. The Labute approximate surface area is 148 Å². The van der Waals surface area contributed by atoms with E-state index in [4.69, 9.17) is 19.5 Å². The van der Waals surface area contributed by atoms with Crippen LogP contribution in [0.3, 0.4) is 0 Å². The lowest BCUT2D eigenvalue weighted by molar-refractivity contribution is 0.0701. The Balaban J connectivity index is 1.73. The number of benzene rings is 1. The predicted molar refractivity (Wildman–Crippen MR) is 100 cm³/mol. The van der Waals surface area contributed by atoms with Crippen LogP contribution >= 0.6 is 0 Å². The Morgan fingerprint density at radius 1 is 0.960 bits per heavy atom. The average molecular weight is 340 g/mol. The van der Waals surface area contributed by atoms with Crippen LogP contribution < -0.4 is 4.90 Å². The van der Waals surface area contributed by atoms with Crippen molar-refractivity contribution < 1.29 is 9.47 Å². The van der Waals surface area contributed by atoms with Crippen molar-refractivity contribution >= 4 is 28.7 Å². The summed E-state index contributed by atoms with van der Waals surface area (Å²) in [5, 5.41) is 2.40. The number of aryl methyl sites for hydroxylation is 1. The number of morpholine rings is 2. The fourth-order valence-corrected chi connectivity index (χ4v) is 3.34. The standard InChI is InChI=1S/C19H24N4O2/c1-15-16-4-2-3-5-17(16)19(23-8-12-25-13-9-23)21-18(15)20-14-22-6-10-24-11-7-22/h2-5,14H,6-13H2,1H3/b20-14+. The summed E-state index contributed by atoms with van der Waals surface area (Å²) in [5.74, 6) is 1.81. The molecule has 3 heterocycles. The first-order valence-electron chi connectivity index (χ1n) is 8.91. The van der Waals surface area contributed by atoms with Crippen LogP contribution in [0.15, 0.2) is 29.3 Å². The van der Waals surface area contributed by atoms with Crippen LogP contribution in [-0.4, -0.2) is 68.8 Å². The van der Waals surface area contributed by atoms with Crippen molar-refractivity contribution in [3.8, 4) is 0 Å². The fraction of sp³-hybridized carbons (Fsp3) is 0.474. The van der Waals surface area contributed by atoms with E-state index >= 15 is 0 Å². The van der Waals surface area contributed by atoms with Crippen molar-refractivity contribution in [2.24, 2.45) is 4.99 Å². The molecule has 4 rings (SSSR count). The van der Waals surface area contributed by atoms with E-state index < -0.39 is 0 Å². The molecule has 0 bridgehead atoms. The Morgan fingerprint density at radius 2 is 1.60 bits per heavy atom. The maximum absolute atomic E-state index is 5.50. The third-order valence-electron chi connectivity index (χ3n) is 4.82. The van der Waals surface area contributed by atoms with Gasteiger partial charge in [0.25, 0.3) is 0 Å². The SMILES string of the molecule is Cc1c(/N=C/N2CCOCC2)nc(N2CCOCC2)c2ccccc12. The van der Waals surface area contributed by atoms with Gasteiger partial charge in [0.1, 0.15) is 5.82 Å². The van der Waals surface area contributed by atoms with Gasteiger partial charge in [-0.3, -0.25) is 0 Å². The van der Waals surface area contributed by atoms with E-state index in [1.165, 1.54) is 10.8 Å². The van der Waals surface area contributed by atoms with E-state index in [-0.39, 0.29) is 0 Å². The molecule has 0 amide bonds. The minimum absolute atomic E-state index is 0.746. The van der Waals surface area contributed by atoms with Gasteiger partial charge in [-0.25, -0.2) is 9.98 Å². The van der Waals surface area contributed by atoms with E-state index in [2.05, 4.69) is 41.0 Å². The number of fused-ring (bicyclic) bond motifs is 1. The highest BCUT2D eigenvalue weighted by atomic mass is 16.5. The molecule has 0 atom stereocenters. The molecule has 2 saturated heterocycles. The van der Waals surface area contributed by atoms with Crippen molar-refractivity contribution in [2.45, 2.75) is 6.92 Å². The Morgan fingerprint density at radius 3 is 2.32 bits per heavy atom. The first-order valence-corrected chi connectivity index (χ1v) is 8.91. The third-order valence-corrected chi connectivity index (χ3v) is 4.82. The number of ether oxygens (including phenoxy) is 2. The second-order valence-corrected chi connectivity index (χ2v) is 6.42. The van der Waals surface area contributed by atoms with Gasteiger partial charge >= 0.3 is 0 Å². The van der Waals surface area contributed by atoms with E-state index in [0.717, 1.165) is 69.8 Å². The molecule has 2 aliphatic rings. The van der Waals surface area contributed by atoms with Crippen LogP contribution in [0.25, 0.3) is 10.8 Å². The normalized spacial score (nSPS) is 19.1. The van der Waals surface area contributed by atoms with Gasteiger partial charge in [0.2, 0.25) is 0 Å². The second kappa shape index (κ2) is 7.37. The molecule has 0 radical (unpaired) electrons. The lowest BCUT2D eigenvalue weighted by atomic mass is 10.1. The first-order chi connectivity index (χ1) is 12.3. The van der Waals surface area contributed by atoms with E-state index in [1.54, 1.807) is 0 Å². The summed E-state index contributed by atoms with van der Waals surface area (Å²) >= 11 is 0. The number of aromatic nitrogens is 1. The Hall–Kier alpha value is -2.18. The molecule has 132 valence electrons. The van der Waals surface area contributed by atoms with Gasteiger partial charge in [0.15, 0.2) is 5.82 Å². The van der Waals surface area contributed by atoms with Crippen molar-refractivity contribution in [3.05, 3.63) is 29.8 Å². The summed E-state index contributed by atoms with van der Waals surface area (Å²) in [6.07, 6.45) is 1.91. The molecule has 0 aliphatic carbocycles. The zero-order valence-electron chi connectivity index (χ0n) is 14.6. The molecule has 1 aromatic carbocycles. The highest BCUT2D eigenvalue weighted by molar-refractivity contribution is 5.97. The molecule has 1 aromatic heterocycles. The maximum atomic E-state index is 5.50. The van der Waals surface area contributed by atoms with Gasteiger partial charge < -0.3 is 19.3 Å². The number of aliphatic imine (C=N–C) groups is 1. The molecule has 0 unspecified atom stereocenters. The third kappa shape index (κ3) is 3.45. The van der Waals surface area contributed by atoms with Crippen LogP contribution in [0, 0.1) is 6.92 Å². The van der Waals surface area contributed by atoms with E-state index in [0.29, 0.717) is 0 Å². The summed E-state index contributed by atoms with van der Waals surface area (Å²) in [4.78, 5) is 14.1. The number of anilines is 1. The Kier molecular flexibility index (Phi) is 4.81. The lowest BCUT2D eigenvalue weighted by Gasteiger charge is -2.29. The van der Waals surface area contributed by atoms with Crippen LogP contribution in [0.1, 0.15) is 5.56 Å². The Bertz CT molecular complexity index is 765. The quantitative estimate of drug-likeness (QED) is 0.634.